The molecule has 0 saturated carbocycles. The first-order valence-corrected chi connectivity index (χ1v) is 6.82. The topological polar surface area (TPSA) is 18.8 Å². The Morgan fingerprint density at radius 3 is 2.19 bits per heavy atom. The molecule has 1 heterocycles. The van der Waals surface area contributed by atoms with Gasteiger partial charge in [-0.1, -0.05) is 51.9 Å². The summed E-state index contributed by atoms with van der Waals surface area (Å²) < 4.78 is 0. The zero-order valence-electron chi connectivity index (χ0n) is 11.0. The van der Waals surface area contributed by atoms with Crippen molar-refractivity contribution in [1.29, 1.82) is 0 Å². The maximum Gasteiger partial charge on any atom is 0.113 e. The average molecular weight is 225 g/mol. The van der Waals surface area contributed by atoms with Crippen LogP contribution in [0.4, 0.5) is 0 Å². The largest absolute Gasteiger partial charge is 0.342 e. The second kappa shape index (κ2) is 8.43. The van der Waals surface area contributed by atoms with Crippen molar-refractivity contribution in [2.45, 2.75) is 58.3 Å². The van der Waals surface area contributed by atoms with Crippen LogP contribution in [0.2, 0.25) is 0 Å². The predicted molar refractivity (Wildman–Crippen MR) is 70.4 cm³/mol. The lowest BCUT2D eigenvalue weighted by molar-refractivity contribution is 0.274. The Balaban J connectivity index is 1.80. The van der Waals surface area contributed by atoms with Gasteiger partial charge in [0.1, 0.15) is 13.0 Å². The Morgan fingerprint density at radius 1 is 1.00 bits per heavy atom. The van der Waals surface area contributed by atoms with Gasteiger partial charge in [0, 0.05) is 13.6 Å². The van der Waals surface area contributed by atoms with E-state index in [9.17, 15) is 0 Å². The number of hydrogen-bond donors (Lipinski definition) is 0. The lowest BCUT2D eigenvalue weighted by Crippen LogP contribution is -2.25. The van der Waals surface area contributed by atoms with Crippen molar-refractivity contribution in [1.82, 2.24) is 9.91 Å². The summed E-state index contributed by atoms with van der Waals surface area (Å²) in [5.74, 6) is 0. The minimum atomic E-state index is 0.969. The number of hydrogen-bond acceptors (Lipinski definition) is 3. The van der Waals surface area contributed by atoms with Crippen molar-refractivity contribution in [2.75, 3.05) is 20.3 Å². The van der Waals surface area contributed by atoms with E-state index in [1.54, 1.807) is 0 Å². The fraction of sp³-hybridized carbons (Fsp3) is 0.923. The molecule has 0 bridgehead atoms. The number of unbranched alkanes of at least 4 members (excludes halogenated alkanes) is 7. The van der Waals surface area contributed by atoms with Gasteiger partial charge in [0.25, 0.3) is 0 Å². The summed E-state index contributed by atoms with van der Waals surface area (Å²) in [7, 11) is 2.02. The van der Waals surface area contributed by atoms with E-state index in [4.69, 9.17) is 0 Å². The van der Waals surface area contributed by atoms with Crippen molar-refractivity contribution in [2.24, 2.45) is 5.10 Å². The standard InChI is InChI=1S/C13H27N3/c1-3-4-5-6-7-8-9-10-11-16-12-14-15(2)13-16/h12H,3-11,13H2,1-2H3. The van der Waals surface area contributed by atoms with Crippen molar-refractivity contribution < 1.29 is 0 Å². The van der Waals surface area contributed by atoms with Crippen LogP contribution < -0.4 is 0 Å². The Hall–Kier alpha value is -0.730. The van der Waals surface area contributed by atoms with Crippen molar-refractivity contribution in [3.63, 3.8) is 0 Å². The van der Waals surface area contributed by atoms with E-state index >= 15 is 0 Å². The van der Waals surface area contributed by atoms with E-state index < -0.39 is 0 Å². The molecule has 0 atom stereocenters. The minimum absolute atomic E-state index is 0.969. The molecule has 0 aromatic rings. The van der Waals surface area contributed by atoms with E-state index in [-0.39, 0.29) is 0 Å². The smallest absolute Gasteiger partial charge is 0.113 e. The van der Waals surface area contributed by atoms with Gasteiger partial charge < -0.3 is 4.90 Å². The molecule has 0 aromatic carbocycles. The summed E-state index contributed by atoms with van der Waals surface area (Å²) in [6, 6.07) is 0. The number of nitrogens with zero attached hydrogens (tertiary/aromatic N) is 3. The Kier molecular flexibility index (Phi) is 7.02. The van der Waals surface area contributed by atoms with Gasteiger partial charge in [0.2, 0.25) is 0 Å². The molecular weight excluding hydrogens is 198 g/mol. The third kappa shape index (κ3) is 5.99. The van der Waals surface area contributed by atoms with Gasteiger partial charge in [-0.15, -0.1) is 0 Å². The summed E-state index contributed by atoms with van der Waals surface area (Å²) in [5, 5.41) is 6.18. The molecule has 0 unspecified atom stereocenters. The van der Waals surface area contributed by atoms with Gasteiger partial charge in [-0.2, -0.15) is 5.10 Å². The van der Waals surface area contributed by atoms with Gasteiger partial charge in [-0.3, -0.25) is 5.01 Å². The van der Waals surface area contributed by atoms with Gasteiger partial charge in [-0.05, 0) is 6.42 Å². The highest BCUT2D eigenvalue weighted by molar-refractivity contribution is 5.55. The summed E-state index contributed by atoms with van der Waals surface area (Å²) in [4.78, 5) is 2.29. The summed E-state index contributed by atoms with van der Waals surface area (Å²) in [5.41, 5.74) is 0. The maximum atomic E-state index is 4.20. The third-order valence-corrected chi connectivity index (χ3v) is 3.10. The molecule has 1 rings (SSSR count). The normalized spacial score (nSPS) is 15.1. The van der Waals surface area contributed by atoms with Gasteiger partial charge in [0.15, 0.2) is 0 Å². The van der Waals surface area contributed by atoms with Crippen LogP contribution in [0.25, 0.3) is 0 Å². The quantitative estimate of drug-likeness (QED) is 0.561. The van der Waals surface area contributed by atoms with Crippen LogP contribution in [0.1, 0.15) is 58.3 Å². The Labute approximate surface area is 100 Å². The number of rotatable bonds is 9. The van der Waals surface area contributed by atoms with Gasteiger partial charge in [0.05, 0.1) is 0 Å². The predicted octanol–water partition coefficient (Wildman–Crippen LogP) is 3.28. The van der Waals surface area contributed by atoms with Crippen LogP contribution >= 0.6 is 0 Å². The van der Waals surface area contributed by atoms with E-state index in [1.807, 2.05) is 18.4 Å². The molecular formula is C13H27N3. The molecule has 0 aromatic heterocycles. The second-order valence-corrected chi connectivity index (χ2v) is 4.82. The summed E-state index contributed by atoms with van der Waals surface area (Å²) in [6.07, 6.45) is 13.1. The molecule has 1 aliphatic heterocycles. The lowest BCUT2D eigenvalue weighted by Gasteiger charge is -2.15. The molecule has 0 amide bonds. The van der Waals surface area contributed by atoms with Crippen molar-refractivity contribution in [3.8, 4) is 0 Å². The van der Waals surface area contributed by atoms with Crippen LogP contribution in [0, 0.1) is 0 Å². The van der Waals surface area contributed by atoms with Crippen molar-refractivity contribution in [3.05, 3.63) is 0 Å². The average Bonchev–Trinajstić information content (AvgIpc) is 2.68. The minimum Gasteiger partial charge on any atom is -0.342 e. The molecule has 0 spiro atoms. The monoisotopic (exact) mass is 225 g/mol. The van der Waals surface area contributed by atoms with E-state index in [0.717, 1.165) is 6.67 Å². The molecule has 0 N–H and O–H groups in total. The van der Waals surface area contributed by atoms with Crippen LogP contribution in [-0.4, -0.2) is 36.5 Å². The SMILES string of the molecule is CCCCCCCCCCN1C=NN(C)C1. The zero-order valence-corrected chi connectivity index (χ0v) is 11.0. The lowest BCUT2D eigenvalue weighted by atomic mass is 10.1. The molecule has 16 heavy (non-hydrogen) atoms. The van der Waals surface area contributed by atoms with Crippen LogP contribution in [-0.2, 0) is 0 Å². The third-order valence-electron chi connectivity index (χ3n) is 3.10. The summed E-state index contributed by atoms with van der Waals surface area (Å²) in [6.45, 7) is 4.41. The first kappa shape index (κ1) is 13.3. The summed E-state index contributed by atoms with van der Waals surface area (Å²) >= 11 is 0. The number of hydrazone groups is 1. The molecule has 0 radical (unpaired) electrons. The fourth-order valence-electron chi connectivity index (χ4n) is 2.07. The van der Waals surface area contributed by atoms with E-state index in [2.05, 4.69) is 16.9 Å². The van der Waals surface area contributed by atoms with Crippen molar-refractivity contribution >= 4 is 6.34 Å². The second-order valence-electron chi connectivity index (χ2n) is 4.82. The molecule has 3 heteroatoms. The van der Waals surface area contributed by atoms with Crippen LogP contribution in [0.5, 0.6) is 0 Å². The highest BCUT2D eigenvalue weighted by Crippen LogP contribution is 2.09. The maximum absolute atomic E-state index is 4.20. The van der Waals surface area contributed by atoms with E-state index in [1.165, 1.54) is 57.9 Å². The highest BCUT2D eigenvalue weighted by atomic mass is 15.6. The Bertz CT molecular complexity index is 192. The fourth-order valence-corrected chi connectivity index (χ4v) is 2.07. The molecule has 94 valence electrons. The zero-order chi connectivity index (χ0) is 11.6. The molecule has 0 saturated heterocycles. The molecule has 0 fully saturated rings. The molecule has 3 nitrogen and oxygen atoms in total. The molecule has 0 aliphatic carbocycles. The highest BCUT2D eigenvalue weighted by Gasteiger charge is 2.07. The van der Waals surface area contributed by atoms with Crippen LogP contribution in [0.3, 0.4) is 0 Å². The van der Waals surface area contributed by atoms with Crippen LogP contribution in [0.15, 0.2) is 5.10 Å². The molecule has 1 aliphatic rings. The van der Waals surface area contributed by atoms with Gasteiger partial charge in [-0.25, -0.2) is 0 Å². The first-order valence-electron chi connectivity index (χ1n) is 6.82. The Morgan fingerprint density at radius 2 is 1.62 bits per heavy atom. The van der Waals surface area contributed by atoms with E-state index in [0.29, 0.717) is 0 Å². The first-order chi connectivity index (χ1) is 7.83. The van der Waals surface area contributed by atoms with Gasteiger partial charge >= 0.3 is 0 Å².